The van der Waals surface area contributed by atoms with Gasteiger partial charge in [-0.15, -0.1) is 11.3 Å². The van der Waals surface area contributed by atoms with Crippen LogP contribution in [0.25, 0.3) is 33.4 Å². The monoisotopic (exact) mass is 883 g/mol. The molecule has 3 aromatic heterocycles. The van der Waals surface area contributed by atoms with E-state index in [1.165, 1.54) is 16.3 Å². The van der Waals surface area contributed by atoms with Crippen LogP contribution in [0, 0.1) is 11.3 Å². The number of rotatable bonds is 7. The van der Waals surface area contributed by atoms with E-state index in [9.17, 15) is 19.2 Å². The maximum Gasteiger partial charge on any atom is 0.324 e. The minimum absolute atomic E-state index is 0. The normalized spacial score (nSPS) is 22.4. The Kier molecular flexibility index (Phi) is 14.9. The Morgan fingerprint density at radius 1 is 1.12 bits per heavy atom. The van der Waals surface area contributed by atoms with Crippen molar-refractivity contribution < 1.29 is 28.7 Å². The average Bonchev–Trinajstić information content (AvgIpc) is 3.68. The number of methoxy groups -OCH3 is 1. The van der Waals surface area contributed by atoms with Gasteiger partial charge in [0.2, 0.25) is 11.8 Å². The summed E-state index contributed by atoms with van der Waals surface area (Å²) in [4.78, 5) is 66.1. The number of hydrogen-bond acceptors (Lipinski definition) is 10. The number of carbonyl (C=O) groups is 4. The van der Waals surface area contributed by atoms with Gasteiger partial charge in [-0.1, -0.05) is 19.9 Å². The second-order valence-corrected chi connectivity index (χ2v) is 17.4. The summed E-state index contributed by atoms with van der Waals surface area (Å²) < 4.78 is 14.2. The second kappa shape index (κ2) is 19.0. The molecule has 1 aliphatic carbocycles. The van der Waals surface area contributed by atoms with Gasteiger partial charge in [0.25, 0.3) is 5.91 Å². The molecule has 3 amide bonds. The predicted molar refractivity (Wildman–Crippen MR) is 243 cm³/mol. The molecule has 0 radical (unpaired) electrons. The van der Waals surface area contributed by atoms with Crippen molar-refractivity contribution in [2.75, 3.05) is 26.8 Å². The van der Waals surface area contributed by atoms with E-state index in [1.54, 1.807) is 13.3 Å². The molecule has 320 valence electrons. The van der Waals surface area contributed by atoms with E-state index < -0.39 is 29.4 Å². The van der Waals surface area contributed by atoms with Crippen LogP contribution in [0.4, 0.5) is 0 Å². The molecule has 3 fully saturated rings. The molecule has 1 aromatic carbocycles. The number of hydrazine groups is 1. The molecular formula is C42H57N7O6S4. The number of nitrogens with one attached hydrogen (secondary N) is 2. The van der Waals surface area contributed by atoms with Crippen LogP contribution in [0.5, 0.6) is 0 Å². The van der Waals surface area contributed by atoms with Gasteiger partial charge in [-0.25, -0.2) is 10.4 Å². The molecule has 2 N–H and O–H groups in total. The Hall–Kier alpha value is -3.61. The number of aryl methyl sites for hydroxylation is 1. The Balaban J connectivity index is 0.00000220. The zero-order valence-electron chi connectivity index (χ0n) is 34.3. The van der Waals surface area contributed by atoms with E-state index in [4.69, 9.17) is 19.4 Å². The lowest BCUT2D eigenvalue weighted by atomic mass is 9.84. The standard InChI is InChI=1S/C42H51N7O6S.3H2S/c1-6-47-34-14-11-25-17-29(34)30(38(47)28-9-7-15-43-37(28)24(2)54-5)20-42(3,4)23-55-41(53)31-10-8-16-49(46-31)40(52)32(19-35-44-33(25)22-56-35)45-39(51)26-18-36(50)48(21-26)27-12-13-27;;;/h7,9,11,14-15,17,22,24,26-27,31-32,46H,6,8,10,12-13,16,18-21,23H2,1-5H3,(H,45,51);3*1H2/t24-,26?,31-,32-;;;/m0.../s1. The van der Waals surface area contributed by atoms with Crippen LogP contribution < -0.4 is 10.7 Å². The quantitative estimate of drug-likeness (QED) is 0.228. The van der Waals surface area contributed by atoms with Crippen LogP contribution in [0.1, 0.15) is 82.2 Å². The van der Waals surface area contributed by atoms with Gasteiger partial charge < -0.3 is 24.3 Å². The van der Waals surface area contributed by atoms with Gasteiger partial charge in [0.15, 0.2) is 0 Å². The maximum atomic E-state index is 14.3. The highest BCUT2D eigenvalue weighted by Crippen LogP contribution is 2.42. The average molecular weight is 884 g/mol. The Morgan fingerprint density at radius 2 is 1.90 bits per heavy atom. The van der Waals surface area contributed by atoms with E-state index in [0.29, 0.717) is 37.4 Å². The molecule has 4 atom stereocenters. The van der Waals surface area contributed by atoms with Crippen LogP contribution in [0.15, 0.2) is 41.9 Å². The van der Waals surface area contributed by atoms with E-state index in [2.05, 4.69) is 60.3 Å². The summed E-state index contributed by atoms with van der Waals surface area (Å²) in [7, 11) is 1.69. The molecule has 17 heteroatoms. The Bertz CT molecular complexity index is 2190. The molecular weight excluding hydrogens is 827 g/mol. The summed E-state index contributed by atoms with van der Waals surface area (Å²) in [5.74, 6) is -1.64. The first-order valence-corrected chi connectivity index (χ1v) is 20.7. The van der Waals surface area contributed by atoms with Gasteiger partial charge in [0.1, 0.15) is 12.1 Å². The molecule has 1 unspecified atom stereocenters. The number of amides is 3. The van der Waals surface area contributed by atoms with E-state index in [0.717, 1.165) is 64.1 Å². The summed E-state index contributed by atoms with van der Waals surface area (Å²) in [5.41, 5.74) is 9.47. The topological polar surface area (TPSA) is 148 Å². The summed E-state index contributed by atoms with van der Waals surface area (Å²) in [5, 5.41) is 8.22. The summed E-state index contributed by atoms with van der Waals surface area (Å²) in [6.07, 6.45) is 5.50. The predicted octanol–water partition coefficient (Wildman–Crippen LogP) is 5.55. The number of nitrogens with zero attached hydrogens (tertiary/aromatic N) is 5. The first-order chi connectivity index (χ1) is 26.9. The first-order valence-electron chi connectivity index (χ1n) is 19.9. The number of benzene rings is 1. The molecule has 13 nitrogen and oxygen atoms in total. The lowest BCUT2D eigenvalue weighted by Crippen LogP contribution is -2.60. The second-order valence-electron chi connectivity index (χ2n) is 16.5. The smallest absolute Gasteiger partial charge is 0.324 e. The van der Waals surface area contributed by atoms with Crippen LogP contribution in [-0.4, -0.2) is 93.1 Å². The summed E-state index contributed by atoms with van der Waals surface area (Å²) in [6, 6.07) is 9.02. The largest absolute Gasteiger partial charge is 0.464 e. The van der Waals surface area contributed by atoms with Crippen molar-refractivity contribution in [2.24, 2.45) is 11.3 Å². The third-order valence-electron chi connectivity index (χ3n) is 11.7. The number of thiazole rings is 1. The number of hydrogen-bond donors (Lipinski definition) is 2. The van der Waals surface area contributed by atoms with Crippen molar-refractivity contribution in [1.82, 2.24) is 35.2 Å². The minimum Gasteiger partial charge on any atom is -0.464 e. The fraction of sp³-hybridized carbons (Fsp3) is 0.524. The molecule has 4 aromatic rings. The van der Waals surface area contributed by atoms with Gasteiger partial charge in [-0.3, -0.25) is 29.2 Å². The van der Waals surface area contributed by atoms with Crippen molar-refractivity contribution in [3.8, 4) is 22.5 Å². The van der Waals surface area contributed by atoms with E-state index >= 15 is 0 Å². The molecule has 0 spiro atoms. The zero-order valence-corrected chi connectivity index (χ0v) is 38.1. The molecule has 3 aliphatic heterocycles. The highest BCUT2D eigenvalue weighted by atomic mass is 32.1. The number of pyridine rings is 1. The zero-order chi connectivity index (χ0) is 39.3. The Labute approximate surface area is 370 Å². The minimum atomic E-state index is -0.954. The summed E-state index contributed by atoms with van der Waals surface area (Å²) >= 11 is 1.44. The molecule has 6 bridgehead atoms. The number of cyclic esters (lactones) is 1. The first kappa shape index (κ1) is 46.5. The lowest BCUT2D eigenvalue weighted by molar-refractivity contribution is -0.155. The summed E-state index contributed by atoms with van der Waals surface area (Å²) in [6.45, 7) is 9.98. The van der Waals surface area contributed by atoms with Crippen molar-refractivity contribution in [2.45, 2.75) is 103 Å². The molecule has 2 saturated heterocycles. The molecule has 4 aliphatic rings. The highest BCUT2D eigenvalue weighted by molar-refractivity contribution is 7.59. The maximum absolute atomic E-state index is 14.3. The third-order valence-corrected chi connectivity index (χ3v) is 12.5. The van der Waals surface area contributed by atoms with Crippen molar-refractivity contribution >= 4 is 86.4 Å². The number of aromatic nitrogens is 3. The van der Waals surface area contributed by atoms with E-state index in [-0.39, 0.29) is 89.8 Å². The van der Waals surface area contributed by atoms with Crippen LogP contribution >= 0.6 is 51.8 Å². The van der Waals surface area contributed by atoms with Gasteiger partial charge in [0, 0.05) is 84.6 Å². The number of likely N-dealkylation sites (tertiary alicyclic amines) is 1. The van der Waals surface area contributed by atoms with Crippen molar-refractivity contribution in [1.29, 1.82) is 0 Å². The molecule has 8 rings (SSSR count). The SMILES string of the molecule is CCn1c(-c2cccnc2[C@H](C)OC)c2c3cc(ccc31)-c1csc(n1)C[C@H](NC(=O)C1CC(=O)N(C3CC3)C1)C(=O)N1CCC[C@H](N1)C(=O)OCC(C)(C)C2.S.S.S. The van der Waals surface area contributed by atoms with Crippen molar-refractivity contribution in [3.05, 3.63) is 58.2 Å². The third kappa shape index (κ3) is 9.49. The number of ether oxygens (including phenoxy) is 2. The van der Waals surface area contributed by atoms with Gasteiger partial charge in [-0.2, -0.15) is 40.5 Å². The van der Waals surface area contributed by atoms with Crippen LogP contribution in [-0.2, 0) is 48.0 Å². The molecule has 1 saturated carbocycles. The lowest BCUT2D eigenvalue weighted by Gasteiger charge is -2.35. The molecule has 6 heterocycles. The Morgan fingerprint density at radius 3 is 2.63 bits per heavy atom. The molecule has 59 heavy (non-hydrogen) atoms. The highest BCUT2D eigenvalue weighted by Gasteiger charge is 2.43. The van der Waals surface area contributed by atoms with Crippen molar-refractivity contribution in [3.63, 3.8) is 0 Å². The number of carbonyl (C=O) groups excluding carboxylic acids is 4. The van der Waals surface area contributed by atoms with Gasteiger partial charge in [0.05, 0.1) is 40.7 Å². The van der Waals surface area contributed by atoms with E-state index in [1.807, 2.05) is 23.3 Å². The fourth-order valence-electron chi connectivity index (χ4n) is 8.50. The van der Waals surface area contributed by atoms with Crippen LogP contribution in [0.2, 0.25) is 0 Å². The number of fused-ring (bicyclic) bond motifs is 6. The van der Waals surface area contributed by atoms with Crippen LogP contribution in [0.3, 0.4) is 0 Å². The van der Waals surface area contributed by atoms with Gasteiger partial charge >= 0.3 is 5.97 Å². The number of esters is 1. The van der Waals surface area contributed by atoms with Gasteiger partial charge in [-0.05, 0) is 75.8 Å². The fourth-order valence-corrected chi connectivity index (χ4v) is 9.35.